The molecule has 136 valence electrons. The van der Waals surface area contributed by atoms with Gasteiger partial charge in [0, 0.05) is 31.2 Å². The number of carbonyl (C=O) groups excluding carboxylic acids is 1. The molecular weight excluding hydrogens is 292 g/mol. The third kappa shape index (κ3) is 3.42. The second-order valence-corrected chi connectivity index (χ2v) is 7.62. The van der Waals surface area contributed by atoms with Gasteiger partial charge in [-0.2, -0.15) is 0 Å². The molecule has 0 aromatic heterocycles. The predicted octanol–water partition coefficient (Wildman–Crippen LogP) is 2.76. The number of amides is 1. The Balaban J connectivity index is 0.000000218. The van der Waals surface area contributed by atoms with Crippen molar-refractivity contribution in [3.8, 4) is 0 Å². The van der Waals surface area contributed by atoms with Crippen LogP contribution in [0.25, 0.3) is 0 Å². The van der Waals surface area contributed by atoms with Crippen molar-refractivity contribution in [2.24, 2.45) is 5.73 Å². The van der Waals surface area contributed by atoms with Crippen molar-refractivity contribution in [2.75, 3.05) is 13.2 Å². The fourth-order valence-electron chi connectivity index (χ4n) is 4.89. The van der Waals surface area contributed by atoms with E-state index in [9.17, 15) is 4.79 Å². The maximum Gasteiger partial charge on any atom is 0.217 e. The summed E-state index contributed by atoms with van der Waals surface area (Å²) in [5, 5.41) is 2.99. The Labute approximate surface area is 141 Å². The van der Waals surface area contributed by atoms with Crippen molar-refractivity contribution in [1.82, 2.24) is 5.32 Å². The minimum Gasteiger partial charge on any atom is -0.375 e. The first-order valence-electron chi connectivity index (χ1n) is 8.14. The fraction of sp³-hybridized carbons (Fsp3) is 0.944. The van der Waals surface area contributed by atoms with Crippen LogP contribution < -0.4 is 11.1 Å². The number of hydrogen-bond acceptors (Lipinski definition) is 4. The Kier molecular flexibility index (Phi) is 5.62. The van der Waals surface area contributed by atoms with Crippen LogP contribution in [0, 0.1) is 0 Å². The number of ether oxygens (including phenoxy) is 2. The molecule has 0 atom stereocenters. The van der Waals surface area contributed by atoms with Crippen molar-refractivity contribution in [1.29, 1.82) is 0 Å². The van der Waals surface area contributed by atoms with Crippen LogP contribution in [0.3, 0.4) is 0 Å². The van der Waals surface area contributed by atoms with Crippen LogP contribution in [0.5, 0.6) is 0 Å². The Morgan fingerprint density at radius 1 is 0.957 bits per heavy atom. The summed E-state index contributed by atoms with van der Waals surface area (Å²) in [6, 6.07) is 0. The molecule has 6 aliphatic rings. The van der Waals surface area contributed by atoms with Gasteiger partial charge in [0.2, 0.25) is 5.91 Å². The Bertz CT molecular complexity index is 404. The first-order chi connectivity index (χ1) is 9.78. The third-order valence-electron chi connectivity index (χ3n) is 5.35. The van der Waals surface area contributed by atoms with Gasteiger partial charge in [0.25, 0.3) is 0 Å². The van der Waals surface area contributed by atoms with Crippen molar-refractivity contribution >= 4 is 5.91 Å². The van der Waals surface area contributed by atoms with Gasteiger partial charge >= 0.3 is 0 Å². The van der Waals surface area contributed by atoms with E-state index in [1.54, 1.807) is 6.92 Å². The molecule has 0 spiro atoms. The highest BCUT2D eigenvalue weighted by Gasteiger charge is 2.69. The number of nitrogens with one attached hydrogen (secondary N) is 1. The molecule has 0 radical (unpaired) electrons. The monoisotopic (exact) mass is 328 g/mol. The average molecular weight is 328 g/mol. The van der Waals surface area contributed by atoms with Gasteiger partial charge in [0.05, 0.1) is 11.2 Å². The third-order valence-corrected chi connectivity index (χ3v) is 5.35. The maximum atomic E-state index is 10.8. The molecule has 6 saturated carbocycles. The summed E-state index contributed by atoms with van der Waals surface area (Å²) >= 11 is 0. The van der Waals surface area contributed by atoms with Gasteiger partial charge in [0.15, 0.2) is 0 Å². The highest BCUT2D eigenvalue weighted by atomic mass is 16.5. The van der Waals surface area contributed by atoms with E-state index >= 15 is 0 Å². The van der Waals surface area contributed by atoms with Crippen LogP contribution >= 0.6 is 0 Å². The second-order valence-electron chi connectivity index (χ2n) is 7.62. The summed E-state index contributed by atoms with van der Waals surface area (Å²) < 4.78 is 11.1. The fourth-order valence-corrected chi connectivity index (χ4v) is 4.89. The van der Waals surface area contributed by atoms with Gasteiger partial charge in [0.1, 0.15) is 0 Å². The van der Waals surface area contributed by atoms with E-state index in [0.29, 0.717) is 0 Å². The minimum atomic E-state index is 0. The predicted molar refractivity (Wildman–Crippen MR) is 93.3 cm³/mol. The molecule has 6 rings (SSSR count). The number of nitrogens with two attached hydrogens (primary N) is 1. The molecule has 6 fully saturated rings. The number of carbonyl (C=O) groups is 1. The lowest BCUT2D eigenvalue weighted by molar-refractivity contribution is -0.247. The number of rotatable bonds is 5. The average Bonchev–Trinajstić information content (AvgIpc) is 2.22. The van der Waals surface area contributed by atoms with Crippen LogP contribution in [-0.4, -0.2) is 41.4 Å². The molecule has 0 aromatic rings. The molecule has 0 saturated heterocycles. The first-order valence-corrected chi connectivity index (χ1v) is 8.14. The van der Waals surface area contributed by atoms with E-state index in [1.807, 2.05) is 13.8 Å². The molecule has 5 nitrogen and oxygen atoms in total. The topological polar surface area (TPSA) is 73.6 Å². The van der Waals surface area contributed by atoms with E-state index in [4.69, 9.17) is 15.2 Å². The van der Waals surface area contributed by atoms with Gasteiger partial charge in [-0.1, -0.05) is 14.9 Å². The van der Waals surface area contributed by atoms with Crippen molar-refractivity contribution in [2.45, 2.75) is 96.4 Å². The molecule has 3 N–H and O–H groups in total. The number of hydrogen-bond donors (Lipinski definition) is 2. The lowest BCUT2D eigenvalue weighted by atomic mass is 9.46. The summed E-state index contributed by atoms with van der Waals surface area (Å²) in [7, 11) is 0. The zero-order chi connectivity index (χ0) is 15.4. The molecule has 5 heteroatoms. The van der Waals surface area contributed by atoms with E-state index in [-0.39, 0.29) is 43.0 Å². The maximum absolute atomic E-state index is 10.8. The molecule has 0 aliphatic heterocycles. The van der Waals surface area contributed by atoms with E-state index in [0.717, 1.165) is 51.7 Å². The lowest BCUT2D eigenvalue weighted by Gasteiger charge is -2.69. The second kappa shape index (κ2) is 6.34. The normalized spacial score (nSPS) is 43.5. The van der Waals surface area contributed by atoms with Crippen LogP contribution in [0.4, 0.5) is 0 Å². The van der Waals surface area contributed by atoms with Gasteiger partial charge < -0.3 is 20.5 Å². The van der Waals surface area contributed by atoms with Gasteiger partial charge in [-0.15, -0.1) is 0 Å². The molecule has 0 heterocycles. The Hall–Kier alpha value is -0.650. The quantitative estimate of drug-likeness (QED) is 0.814. The Morgan fingerprint density at radius 2 is 1.35 bits per heavy atom. The van der Waals surface area contributed by atoms with E-state index in [2.05, 4.69) is 5.32 Å². The van der Waals surface area contributed by atoms with Crippen molar-refractivity contribution in [3.05, 3.63) is 0 Å². The van der Waals surface area contributed by atoms with Crippen LogP contribution in [0.1, 0.15) is 74.1 Å². The summed E-state index contributed by atoms with van der Waals surface area (Å²) in [6.07, 6.45) is 6.38. The zero-order valence-electron chi connectivity index (χ0n) is 13.5. The standard InChI is InChI=1S/C9H15NO2.C7H13NO.2CH4/c1-3-12-9-4-8(5-9,6-9)10-7(2)11;1-2-9-7-3-6(8,4-7)5-7;;/h3-6H2,1-2H3,(H,10,11);2-5,8H2,1H3;2*1H4. The smallest absolute Gasteiger partial charge is 0.217 e. The molecule has 0 aromatic carbocycles. The van der Waals surface area contributed by atoms with Crippen LogP contribution in [0.2, 0.25) is 0 Å². The van der Waals surface area contributed by atoms with E-state index in [1.165, 1.54) is 0 Å². The molecule has 1 amide bonds. The zero-order valence-corrected chi connectivity index (χ0v) is 13.5. The van der Waals surface area contributed by atoms with Crippen LogP contribution in [0.15, 0.2) is 0 Å². The van der Waals surface area contributed by atoms with E-state index < -0.39 is 0 Å². The van der Waals surface area contributed by atoms with Crippen molar-refractivity contribution < 1.29 is 14.3 Å². The summed E-state index contributed by atoms with van der Waals surface area (Å²) in [4.78, 5) is 10.8. The molecule has 4 bridgehead atoms. The van der Waals surface area contributed by atoms with Gasteiger partial charge in [-0.3, -0.25) is 4.79 Å². The summed E-state index contributed by atoms with van der Waals surface area (Å²) in [5.41, 5.74) is 6.56. The molecular formula is C18H36N2O3. The lowest BCUT2D eigenvalue weighted by Crippen LogP contribution is -2.79. The van der Waals surface area contributed by atoms with Crippen molar-refractivity contribution in [3.63, 3.8) is 0 Å². The highest BCUT2D eigenvalue weighted by molar-refractivity contribution is 5.74. The van der Waals surface area contributed by atoms with Crippen LogP contribution in [-0.2, 0) is 14.3 Å². The largest absolute Gasteiger partial charge is 0.375 e. The minimum absolute atomic E-state index is 0. The molecule has 0 unspecified atom stereocenters. The SMILES string of the molecule is C.C.CCOC12CC(N)(C1)C2.CCOC12CC(NC(C)=O)(C1)C2. The molecule has 6 aliphatic carbocycles. The van der Waals surface area contributed by atoms with Gasteiger partial charge in [-0.25, -0.2) is 0 Å². The molecule has 23 heavy (non-hydrogen) atoms. The highest BCUT2D eigenvalue weighted by Crippen LogP contribution is 2.62. The summed E-state index contributed by atoms with van der Waals surface area (Å²) in [5.74, 6) is 0.0831. The van der Waals surface area contributed by atoms with Gasteiger partial charge in [-0.05, 0) is 52.4 Å². The Morgan fingerprint density at radius 3 is 1.65 bits per heavy atom. The summed E-state index contributed by atoms with van der Waals surface area (Å²) in [6.45, 7) is 7.27. The first kappa shape index (κ1) is 20.4.